The van der Waals surface area contributed by atoms with Gasteiger partial charge in [-0.3, -0.25) is 11.3 Å². The van der Waals surface area contributed by atoms with Crippen molar-refractivity contribution in [2.24, 2.45) is 5.84 Å². The number of nitrogens with two attached hydrogens (primary N) is 1. The fraction of sp³-hybridized carbons (Fsp3) is 0.231. The van der Waals surface area contributed by atoms with E-state index in [1.165, 1.54) is 10.5 Å². The Labute approximate surface area is 105 Å². The zero-order valence-electron chi connectivity index (χ0n) is 9.72. The molecular weight excluding hydrogens is 232 g/mol. The summed E-state index contributed by atoms with van der Waals surface area (Å²) in [5.41, 5.74) is 5.16. The lowest BCUT2D eigenvalue weighted by Gasteiger charge is -2.13. The fourth-order valence-corrected chi connectivity index (χ4v) is 2.69. The van der Waals surface area contributed by atoms with Gasteiger partial charge in [0.15, 0.2) is 0 Å². The van der Waals surface area contributed by atoms with Crippen molar-refractivity contribution >= 4 is 11.8 Å². The number of aryl methyl sites for hydroxylation is 1. The molecule has 0 saturated carbocycles. The van der Waals surface area contributed by atoms with Crippen molar-refractivity contribution in [3.8, 4) is 0 Å². The zero-order valence-corrected chi connectivity index (χ0v) is 10.5. The first-order valence-electron chi connectivity index (χ1n) is 5.47. The van der Waals surface area contributed by atoms with E-state index in [9.17, 15) is 0 Å². The number of rotatable bonds is 5. The summed E-state index contributed by atoms with van der Waals surface area (Å²) in [6, 6.07) is 10.5. The van der Waals surface area contributed by atoms with Crippen molar-refractivity contribution in [1.29, 1.82) is 0 Å². The largest absolute Gasteiger partial charge is 0.472 e. The van der Waals surface area contributed by atoms with Gasteiger partial charge in [0.05, 0.1) is 18.6 Å². The Hall–Kier alpha value is -1.23. The van der Waals surface area contributed by atoms with Crippen LogP contribution in [0.15, 0.2) is 52.2 Å². The Morgan fingerprint density at radius 1 is 1.41 bits per heavy atom. The van der Waals surface area contributed by atoms with Crippen LogP contribution in [0.4, 0.5) is 0 Å². The summed E-state index contributed by atoms with van der Waals surface area (Å²) in [7, 11) is 0. The molecule has 0 saturated heterocycles. The smallest absolute Gasteiger partial charge is 0.0951 e. The van der Waals surface area contributed by atoms with Crippen molar-refractivity contribution in [1.82, 2.24) is 5.43 Å². The van der Waals surface area contributed by atoms with Crippen LogP contribution in [0.1, 0.15) is 17.2 Å². The first kappa shape index (κ1) is 12.2. The van der Waals surface area contributed by atoms with Crippen LogP contribution in [0.2, 0.25) is 0 Å². The number of hydrogen-bond donors (Lipinski definition) is 2. The van der Waals surface area contributed by atoms with Gasteiger partial charge in [-0.1, -0.05) is 17.7 Å². The lowest BCUT2D eigenvalue weighted by atomic mass is 10.2. The van der Waals surface area contributed by atoms with Crippen LogP contribution >= 0.6 is 11.8 Å². The third kappa shape index (κ3) is 3.36. The Bertz CT molecular complexity index is 456. The van der Waals surface area contributed by atoms with Crippen LogP contribution in [-0.4, -0.2) is 5.75 Å². The maximum Gasteiger partial charge on any atom is 0.0951 e. The van der Waals surface area contributed by atoms with Gasteiger partial charge in [0.2, 0.25) is 0 Å². The Balaban J connectivity index is 1.97. The second-order valence-corrected chi connectivity index (χ2v) is 5.00. The van der Waals surface area contributed by atoms with Gasteiger partial charge in [-0.2, -0.15) is 0 Å². The normalized spacial score (nSPS) is 12.6. The molecule has 2 rings (SSSR count). The van der Waals surface area contributed by atoms with Crippen LogP contribution in [-0.2, 0) is 0 Å². The summed E-state index contributed by atoms with van der Waals surface area (Å²) in [6.07, 6.45) is 3.39. The average molecular weight is 248 g/mol. The highest BCUT2D eigenvalue weighted by molar-refractivity contribution is 7.99. The summed E-state index contributed by atoms with van der Waals surface area (Å²) in [5.74, 6) is 6.43. The van der Waals surface area contributed by atoms with Crippen molar-refractivity contribution in [2.45, 2.75) is 17.9 Å². The first-order valence-corrected chi connectivity index (χ1v) is 6.46. The quantitative estimate of drug-likeness (QED) is 0.485. The fourth-order valence-electron chi connectivity index (χ4n) is 1.60. The highest BCUT2D eigenvalue weighted by Gasteiger charge is 2.11. The topological polar surface area (TPSA) is 51.2 Å². The summed E-state index contributed by atoms with van der Waals surface area (Å²) < 4.78 is 5.06. The lowest BCUT2D eigenvalue weighted by molar-refractivity contribution is 0.548. The van der Waals surface area contributed by atoms with E-state index in [4.69, 9.17) is 10.3 Å². The minimum atomic E-state index is 0.110. The highest BCUT2D eigenvalue weighted by Crippen LogP contribution is 2.25. The van der Waals surface area contributed by atoms with E-state index in [0.29, 0.717) is 0 Å². The molecule has 0 aliphatic rings. The van der Waals surface area contributed by atoms with E-state index in [-0.39, 0.29) is 6.04 Å². The molecular formula is C13H16N2OS. The van der Waals surface area contributed by atoms with Gasteiger partial charge < -0.3 is 4.42 Å². The van der Waals surface area contributed by atoms with Crippen LogP contribution in [0, 0.1) is 6.92 Å². The van der Waals surface area contributed by atoms with Gasteiger partial charge >= 0.3 is 0 Å². The van der Waals surface area contributed by atoms with E-state index in [0.717, 1.165) is 11.3 Å². The third-order valence-electron chi connectivity index (χ3n) is 2.55. The number of hydrazine groups is 1. The predicted molar refractivity (Wildman–Crippen MR) is 70.7 cm³/mol. The molecule has 0 aliphatic carbocycles. The van der Waals surface area contributed by atoms with Gasteiger partial charge in [-0.15, -0.1) is 11.8 Å². The van der Waals surface area contributed by atoms with E-state index in [1.54, 1.807) is 24.3 Å². The molecule has 1 aromatic carbocycles. The van der Waals surface area contributed by atoms with Gasteiger partial charge in [-0.05, 0) is 25.1 Å². The maximum absolute atomic E-state index is 5.55. The van der Waals surface area contributed by atoms with Crippen LogP contribution in [0.5, 0.6) is 0 Å². The number of furan rings is 1. The summed E-state index contributed by atoms with van der Waals surface area (Å²) in [5, 5.41) is 0. The van der Waals surface area contributed by atoms with Crippen LogP contribution in [0.25, 0.3) is 0 Å². The monoisotopic (exact) mass is 248 g/mol. The molecule has 1 aromatic heterocycles. The van der Waals surface area contributed by atoms with Gasteiger partial charge in [0.1, 0.15) is 0 Å². The molecule has 3 nitrogen and oxygen atoms in total. The molecule has 17 heavy (non-hydrogen) atoms. The van der Waals surface area contributed by atoms with E-state index in [1.807, 2.05) is 6.07 Å². The van der Waals surface area contributed by atoms with Crippen molar-refractivity contribution in [2.75, 3.05) is 5.75 Å². The number of hydrogen-bond acceptors (Lipinski definition) is 4. The van der Waals surface area contributed by atoms with Crippen molar-refractivity contribution in [3.05, 3.63) is 54.0 Å². The molecule has 0 spiro atoms. The minimum absolute atomic E-state index is 0.110. The van der Waals surface area contributed by atoms with Gasteiger partial charge in [-0.25, -0.2) is 0 Å². The van der Waals surface area contributed by atoms with Gasteiger partial charge in [0.25, 0.3) is 0 Å². The Morgan fingerprint density at radius 3 is 2.94 bits per heavy atom. The molecule has 1 heterocycles. The summed E-state index contributed by atoms with van der Waals surface area (Å²) in [6.45, 7) is 2.10. The minimum Gasteiger partial charge on any atom is -0.472 e. The predicted octanol–water partition coefficient (Wildman–Crippen LogP) is 2.88. The molecule has 0 amide bonds. The SMILES string of the molecule is Cc1cccc(SCC(NN)c2ccoc2)c1. The maximum atomic E-state index is 5.55. The molecule has 0 radical (unpaired) electrons. The first-order chi connectivity index (χ1) is 8.29. The van der Waals surface area contributed by atoms with Crippen molar-refractivity contribution in [3.63, 3.8) is 0 Å². The van der Waals surface area contributed by atoms with E-state index in [2.05, 4.69) is 36.6 Å². The molecule has 0 aliphatic heterocycles. The molecule has 1 unspecified atom stereocenters. The third-order valence-corrected chi connectivity index (χ3v) is 3.64. The Kier molecular flexibility index (Phi) is 4.25. The second kappa shape index (κ2) is 5.91. The number of thioether (sulfide) groups is 1. The van der Waals surface area contributed by atoms with Gasteiger partial charge in [0, 0.05) is 16.2 Å². The van der Waals surface area contributed by atoms with E-state index >= 15 is 0 Å². The van der Waals surface area contributed by atoms with E-state index < -0.39 is 0 Å². The zero-order chi connectivity index (χ0) is 12.1. The standard InChI is InChI=1S/C13H16N2OS/c1-10-3-2-4-12(7-10)17-9-13(15-14)11-5-6-16-8-11/h2-8,13,15H,9,14H2,1H3. The molecule has 2 aromatic rings. The van der Waals surface area contributed by atoms with Crippen LogP contribution < -0.4 is 11.3 Å². The van der Waals surface area contributed by atoms with Crippen LogP contribution in [0.3, 0.4) is 0 Å². The molecule has 90 valence electrons. The number of benzene rings is 1. The van der Waals surface area contributed by atoms with Crippen molar-refractivity contribution < 1.29 is 4.42 Å². The average Bonchev–Trinajstić information content (AvgIpc) is 2.84. The number of nitrogens with one attached hydrogen (secondary N) is 1. The summed E-state index contributed by atoms with van der Waals surface area (Å²) >= 11 is 1.78. The molecule has 0 fully saturated rings. The highest BCUT2D eigenvalue weighted by atomic mass is 32.2. The molecule has 0 bridgehead atoms. The lowest BCUT2D eigenvalue weighted by Crippen LogP contribution is -2.29. The molecule has 4 heteroatoms. The molecule has 3 N–H and O–H groups in total. The Morgan fingerprint density at radius 2 is 2.29 bits per heavy atom. The summed E-state index contributed by atoms with van der Waals surface area (Å²) in [4.78, 5) is 1.26. The second-order valence-electron chi connectivity index (χ2n) is 3.90. The molecule has 1 atom stereocenters.